The van der Waals surface area contributed by atoms with Gasteiger partial charge in [-0.05, 0) is 36.4 Å². The molecule has 27 heavy (non-hydrogen) atoms. The molecule has 0 saturated carbocycles. The Morgan fingerprint density at radius 2 is 1.52 bits per heavy atom. The highest BCUT2D eigenvalue weighted by atomic mass is 16.5. The Morgan fingerprint density at radius 1 is 0.889 bits per heavy atom. The minimum atomic E-state index is -0.259. The molecule has 0 bridgehead atoms. The zero-order valence-electron chi connectivity index (χ0n) is 15.5. The van der Waals surface area contributed by atoms with Gasteiger partial charge >= 0.3 is 0 Å². The molecule has 1 heterocycles. The van der Waals surface area contributed by atoms with Crippen molar-refractivity contribution < 1.29 is 23.7 Å². The van der Waals surface area contributed by atoms with Gasteiger partial charge in [0.05, 0.1) is 28.4 Å². The first-order valence-corrected chi connectivity index (χ1v) is 8.15. The molecule has 0 aliphatic heterocycles. The fourth-order valence-electron chi connectivity index (χ4n) is 2.69. The summed E-state index contributed by atoms with van der Waals surface area (Å²) in [5, 5.41) is 0. The molecule has 0 radical (unpaired) electrons. The Hall–Kier alpha value is -3.48. The lowest BCUT2D eigenvalue weighted by Gasteiger charge is -2.13. The van der Waals surface area contributed by atoms with Crippen LogP contribution >= 0.6 is 0 Å². The number of nitrogens with one attached hydrogen (secondary N) is 1. The van der Waals surface area contributed by atoms with Gasteiger partial charge in [0.2, 0.25) is 11.5 Å². The number of benzene rings is 2. The number of rotatable bonds is 7. The highest BCUT2D eigenvalue weighted by Gasteiger charge is 2.20. The zero-order chi connectivity index (χ0) is 19.4. The highest BCUT2D eigenvalue weighted by Crippen LogP contribution is 2.38. The van der Waals surface area contributed by atoms with Gasteiger partial charge in [-0.3, -0.25) is 4.79 Å². The van der Waals surface area contributed by atoms with Crippen LogP contribution in [-0.2, 0) is 0 Å². The maximum atomic E-state index is 12.9. The molecule has 7 heteroatoms. The summed E-state index contributed by atoms with van der Waals surface area (Å²) in [6.07, 6.45) is 1.57. The van der Waals surface area contributed by atoms with Crippen LogP contribution in [0, 0.1) is 0 Å². The maximum Gasteiger partial charge on any atom is 0.213 e. The van der Waals surface area contributed by atoms with Gasteiger partial charge in [-0.2, -0.15) is 0 Å². The van der Waals surface area contributed by atoms with E-state index in [9.17, 15) is 4.79 Å². The predicted octanol–water partition coefficient (Wildman–Crippen LogP) is 3.34. The second kappa shape index (κ2) is 7.82. The van der Waals surface area contributed by atoms with E-state index in [-0.39, 0.29) is 11.5 Å². The summed E-state index contributed by atoms with van der Waals surface area (Å²) in [5.74, 6) is 2.33. The number of hydrogen-bond donors (Lipinski definition) is 1. The van der Waals surface area contributed by atoms with E-state index in [1.807, 2.05) is 24.3 Å². The fourth-order valence-corrected chi connectivity index (χ4v) is 2.69. The van der Waals surface area contributed by atoms with Gasteiger partial charge < -0.3 is 23.9 Å². The summed E-state index contributed by atoms with van der Waals surface area (Å²) in [5.41, 5.74) is 1.52. The topological polar surface area (TPSA) is 82.7 Å². The van der Waals surface area contributed by atoms with E-state index >= 15 is 0 Å². The van der Waals surface area contributed by atoms with Gasteiger partial charge in [-0.25, -0.2) is 4.98 Å². The van der Waals surface area contributed by atoms with Gasteiger partial charge in [-0.15, -0.1) is 0 Å². The summed E-state index contributed by atoms with van der Waals surface area (Å²) >= 11 is 0. The molecule has 3 aromatic rings. The van der Waals surface area contributed by atoms with Crippen LogP contribution in [0.3, 0.4) is 0 Å². The van der Waals surface area contributed by atoms with Crippen LogP contribution in [0.25, 0.3) is 11.4 Å². The number of aromatic nitrogens is 2. The first-order chi connectivity index (χ1) is 13.1. The maximum absolute atomic E-state index is 12.9. The van der Waals surface area contributed by atoms with E-state index in [0.29, 0.717) is 28.6 Å². The predicted molar refractivity (Wildman–Crippen MR) is 100 cm³/mol. The lowest BCUT2D eigenvalue weighted by molar-refractivity contribution is 0.103. The number of methoxy groups -OCH3 is 4. The molecule has 1 N–H and O–H groups in total. The van der Waals surface area contributed by atoms with Crippen molar-refractivity contribution in [2.24, 2.45) is 0 Å². The van der Waals surface area contributed by atoms with E-state index < -0.39 is 0 Å². The normalized spacial score (nSPS) is 10.4. The summed E-state index contributed by atoms with van der Waals surface area (Å²) in [4.78, 5) is 20.3. The van der Waals surface area contributed by atoms with Crippen LogP contribution in [0.1, 0.15) is 16.1 Å². The first-order valence-electron chi connectivity index (χ1n) is 8.15. The molecule has 0 aliphatic carbocycles. The SMILES string of the molecule is COc1ccc(-c2nc(C(=O)c3cc(OC)c(OC)c(OC)c3)c[nH]2)cc1. The largest absolute Gasteiger partial charge is 0.497 e. The number of carbonyl (C=O) groups excluding carboxylic acids is 1. The molecule has 0 saturated heterocycles. The molecule has 0 fully saturated rings. The molecule has 0 spiro atoms. The highest BCUT2D eigenvalue weighted by molar-refractivity contribution is 6.08. The molecule has 1 aromatic heterocycles. The number of imidazole rings is 1. The summed E-state index contributed by atoms with van der Waals surface area (Å²) < 4.78 is 21.0. The van der Waals surface area contributed by atoms with Crippen LogP contribution in [0.15, 0.2) is 42.6 Å². The molecule has 2 aromatic carbocycles. The molecule has 0 atom stereocenters. The van der Waals surface area contributed by atoms with Crippen LogP contribution in [0.4, 0.5) is 0 Å². The van der Waals surface area contributed by atoms with Crippen LogP contribution in [0.2, 0.25) is 0 Å². The number of H-pyrrole nitrogens is 1. The third-order valence-electron chi connectivity index (χ3n) is 4.10. The van der Waals surface area contributed by atoms with E-state index in [1.54, 1.807) is 25.4 Å². The lowest BCUT2D eigenvalue weighted by atomic mass is 10.1. The molecular formula is C20H20N2O5. The number of nitrogens with zero attached hydrogens (tertiary/aromatic N) is 1. The number of aromatic amines is 1. The number of carbonyl (C=O) groups is 1. The smallest absolute Gasteiger partial charge is 0.213 e. The van der Waals surface area contributed by atoms with E-state index in [1.165, 1.54) is 21.3 Å². The van der Waals surface area contributed by atoms with Gasteiger partial charge in [-0.1, -0.05) is 0 Å². The van der Waals surface area contributed by atoms with Crippen LogP contribution < -0.4 is 18.9 Å². The molecule has 3 rings (SSSR count). The molecule has 0 unspecified atom stereocenters. The van der Waals surface area contributed by atoms with Crippen molar-refractivity contribution in [3.8, 4) is 34.4 Å². The third kappa shape index (κ3) is 3.57. The minimum absolute atomic E-state index is 0.259. The minimum Gasteiger partial charge on any atom is -0.497 e. The Balaban J connectivity index is 1.93. The number of ketones is 1. The molecule has 7 nitrogen and oxygen atoms in total. The third-order valence-corrected chi connectivity index (χ3v) is 4.10. The second-order valence-corrected chi connectivity index (χ2v) is 5.61. The van der Waals surface area contributed by atoms with E-state index in [2.05, 4.69) is 9.97 Å². The molecule has 140 valence electrons. The van der Waals surface area contributed by atoms with Crippen molar-refractivity contribution in [3.05, 3.63) is 53.9 Å². The fraction of sp³-hybridized carbons (Fsp3) is 0.200. The van der Waals surface area contributed by atoms with E-state index in [0.717, 1.165) is 11.3 Å². The standard InChI is InChI=1S/C20H20N2O5/c1-24-14-7-5-12(6-8-14)20-21-11-15(22-20)18(23)13-9-16(25-2)19(27-4)17(10-13)26-3/h5-11H,1-4H3,(H,21,22). The lowest BCUT2D eigenvalue weighted by Crippen LogP contribution is -2.04. The van der Waals surface area contributed by atoms with Crippen LogP contribution in [0.5, 0.6) is 23.0 Å². The summed E-state index contributed by atoms with van der Waals surface area (Å²) in [7, 11) is 6.12. The van der Waals surface area contributed by atoms with Crippen molar-refractivity contribution in [2.45, 2.75) is 0 Å². The Kier molecular flexibility index (Phi) is 5.30. The van der Waals surface area contributed by atoms with E-state index in [4.69, 9.17) is 18.9 Å². The number of ether oxygens (including phenoxy) is 4. The van der Waals surface area contributed by atoms with Crippen molar-refractivity contribution in [3.63, 3.8) is 0 Å². The first kappa shape index (κ1) is 18.3. The molecule has 0 aliphatic rings. The van der Waals surface area contributed by atoms with Crippen LogP contribution in [-0.4, -0.2) is 44.2 Å². The summed E-state index contributed by atoms with van der Waals surface area (Å²) in [6, 6.07) is 10.6. The van der Waals surface area contributed by atoms with Gasteiger partial charge in [0.1, 0.15) is 17.3 Å². The summed E-state index contributed by atoms with van der Waals surface area (Å²) in [6.45, 7) is 0. The van der Waals surface area contributed by atoms with Crippen molar-refractivity contribution >= 4 is 5.78 Å². The molecule has 0 amide bonds. The average molecular weight is 368 g/mol. The van der Waals surface area contributed by atoms with Crippen molar-refractivity contribution in [1.82, 2.24) is 9.97 Å². The van der Waals surface area contributed by atoms with Gasteiger partial charge in [0.25, 0.3) is 0 Å². The average Bonchev–Trinajstić information content (AvgIpc) is 3.22. The Morgan fingerprint density at radius 3 is 2.04 bits per heavy atom. The van der Waals surface area contributed by atoms with Gasteiger partial charge in [0, 0.05) is 17.3 Å². The van der Waals surface area contributed by atoms with Crippen molar-refractivity contribution in [2.75, 3.05) is 28.4 Å². The quantitative estimate of drug-likeness (QED) is 0.644. The molecular weight excluding hydrogens is 348 g/mol. The Labute approximate surface area is 156 Å². The monoisotopic (exact) mass is 368 g/mol. The zero-order valence-corrected chi connectivity index (χ0v) is 15.5. The van der Waals surface area contributed by atoms with Gasteiger partial charge in [0.15, 0.2) is 11.5 Å². The second-order valence-electron chi connectivity index (χ2n) is 5.61. The Bertz CT molecular complexity index is 922. The number of hydrogen-bond acceptors (Lipinski definition) is 6. The van der Waals surface area contributed by atoms with Crippen molar-refractivity contribution in [1.29, 1.82) is 0 Å².